The van der Waals surface area contributed by atoms with Crippen molar-refractivity contribution in [1.82, 2.24) is 5.32 Å². The van der Waals surface area contributed by atoms with Gasteiger partial charge in [0.2, 0.25) is 0 Å². The Labute approximate surface area is 186 Å². The molecule has 1 aromatic heterocycles. The van der Waals surface area contributed by atoms with Gasteiger partial charge >= 0.3 is 17.7 Å². The smallest absolute Gasteiger partial charge is 0.408 e. The van der Waals surface area contributed by atoms with Crippen molar-refractivity contribution in [2.75, 3.05) is 0 Å². The average Bonchev–Trinajstić information content (AvgIpc) is 2.74. The maximum atomic E-state index is 13.0. The van der Waals surface area contributed by atoms with Crippen molar-refractivity contribution >= 4 is 23.0 Å². The number of ether oxygens (including phenoxy) is 2. The van der Waals surface area contributed by atoms with Gasteiger partial charge in [0.25, 0.3) is 0 Å². The summed E-state index contributed by atoms with van der Waals surface area (Å²) >= 11 is 0. The van der Waals surface area contributed by atoms with Gasteiger partial charge in [-0.1, -0.05) is 44.2 Å². The third-order valence-corrected chi connectivity index (χ3v) is 5.27. The van der Waals surface area contributed by atoms with Gasteiger partial charge in [0, 0.05) is 5.56 Å². The molecule has 0 unspecified atom stereocenters. The molecule has 0 saturated heterocycles. The maximum Gasteiger partial charge on any atom is 0.408 e. The number of fused-ring (bicyclic) bond motifs is 1. The van der Waals surface area contributed by atoms with Crippen LogP contribution in [-0.4, -0.2) is 18.1 Å². The van der Waals surface area contributed by atoms with E-state index in [0.717, 1.165) is 11.1 Å². The average molecular weight is 437 g/mol. The molecule has 3 rings (SSSR count). The van der Waals surface area contributed by atoms with Crippen molar-refractivity contribution in [2.45, 2.75) is 47.3 Å². The molecule has 168 valence electrons. The summed E-state index contributed by atoms with van der Waals surface area (Å²) < 4.78 is 16.3. The minimum Gasteiger partial charge on any atom is -0.445 e. The zero-order valence-corrected chi connectivity index (χ0v) is 18.9. The summed E-state index contributed by atoms with van der Waals surface area (Å²) in [5.74, 6) is -0.602. The summed E-state index contributed by atoms with van der Waals surface area (Å²) in [6.07, 6.45) is -0.711. The van der Waals surface area contributed by atoms with E-state index >= 15 is 0 Å². The lowest BCUT2D eigenvalue weighted by atomic mass is 10.0. The lowest BCUT2D eigenvalue weighted by Crippen LogP contribution is -2.46. The normalized spacial score (nSPS) is 11.9. The minimum absolute atomic E-state index is 0.0898. The first-order valence-electron chi connectivity index (χ1n) is 10.4. The number of amides is 1. The van der Waals surface area contributed by atoms with Gasteiger partial charge in [0.15, 0.2) is 0 Å². The Kier molecular flexibility index (Phi) is 6.98. The number of aryl methyl sites for hydroxylation is 2. The van der Waals surface area contributed by atoms with Crippen LogP contribution in [-0.2, 0) is 16.1 Å². The number of nitrogens with one attached hydrogen (secondary N) is 1. The maximum absolute atomic E-state index is 13.0. The van der Waals surface area contributed by atoms with Crippen LogP contribution < -0.4 is 15.7 Å². The fourth-order valence-electron chi connectivity index (χ4n) is 3.33. The quantitative estimate of drug-likeness (QED) is 0.345. The van der Waals surface area contributed by atoms with Crippen molar-refractivity contribution < 1.29 is 23.5 Å². The van der Waals surface area contributed by atoms with Crippen molar-refractivity contribution in [2.24, 2.45) is 5.92 Å². The SMILES string of the molecule is Cc1cc(OC(=O)[C@H](NC(=O)OCc2ccccc2)C(C)C)c2c(C)c(C)c(=O)oc2c1. The molecule has 32 heavy (non-hydrogen) atoms. The highest BCUT2D eigenvalue weighted by Gasteiger charge is 2.28. The van der Waals surface area contributed by atoms with E-state index in [-0.39, 0.29) is 18.3 Å². The summed E-state index contributed by atoms with van der Waals surface area (Å²) in [6, 6.07) is 11.8. The number of hydrogen-bond acceptors (Lipinski definition) is 6. The van der Waals surface area contributed by atoms with E-state index in [1.807, 2.05) is 37.3 Å². The van der Waals surface area contributed by atoms with E-state index in [1.165, 1.54) is 0 Å². The molecule has 7 nitrogen and oxygen atoms in total. The molecule has 1 heterocycles. The Morgan fingerprint density at radius 1 is 1.03 bits per heavy atom. The molecule has 0 saturated carbocycles. The zero-order chi connectivity index (χ0) is 23.4. The predicted octanol–water partition coefficient (Wildman–Crippen LogP) is 4.57. The van der Waals surface area contributed by atoms with Crippen molar-refractivity contribution in [1.29, 1.82) is 0 Å². The van der Waals surface area contributed by atoms with Crippen LogP contribution in [0.3, 0.4) is 0 Å². The molecule has 0 aliphatic carbocycles. The monoisotopic (exact) mass is 437 g/mol. The number of alkyl carbamates (subject to hydrolysis) is 1. The van der Waals surface area contributed by atoms with E-state index < -0.39 is 23.7 Å². The number of rotatable bonds is 6. The molecule has 0 fully saturated rings. The highest BCUT2D eigenvalue weighted by molar-refractivity contribution is 5.92. The van der Waals surface area contributed by atoms with Crippen LogP contribution in [0.5, 0.6) is 5.75 Å². The standard InChI is InChI=1S/C25H27NO6/c1-14(2)22(26-25(29)30-13-18-9-7-6-8-10-18)24(28)32-20-12-15(3)11-19-21(20)16(4)17(5)23(27)31-19/h6-12,14,22H,13H2,1-5H3,(H,26,29)/t22-/m1/s1. The van der Waals surface area contributed by atoms with Crippen LogP contribution in [0, 0.1) is 26.7 Å². The van der Waals surface area contributed by atoms with Crippen LogP contribution in [0.25, 0.3) is 11.0 Å². The van der Waals surface area contributed by atoms with E-state index in [2.05, 4.69) is 5.32 Å². The number of esters is 1. The van der Waals surface area contributed by atoms with Gasteiger partial charge < -0.3 is 19.2 Å². The second kappa shape index (κ2) is 9.68. The number of hydrogen-bond donors (Lipinski definition) is 1. The molecule has 0 spiro atoms. The number of carbonyl (C=O) groups excluding carboxylic acids is 2. The Morgan fingerprint density at radius 2 is 1.72 bits per heavy atom. The van der Waals surface area contributed by atoms with Crippen molar-refractivity contribution in [3.8, 4) is 5.75 Å². The Hall–Kier alpha value is -3.61. The molecular formula is C25H27NO6. The van der Waals surface area contributed by atoms with Gasteiger partial charge in [0.05, 0.1) is 5.39 Å². The van der Waals surface area contributed by atoms with E-state index in [4.69, 9.17) is 13.9 Å². The molecule has 3 aromatic rings. The first-order valence-corrected chi connectivity index (χ1v) is 10.4. The van der Waals surface area contributed by atoms with Gasteiger partial charge in [-0.25, -0.2) is 14.4 Å². The molecular weight excluding hydrogens is 410 g/mol. The summed E-state index contributed by atoms with van der Waals surface area (Å²) in [5, 5.41) is 3.15. The predicted molar refractivity (Wildman–Crippen MR) is 121 cm³/mol. The molecule has 0 aliphatic heterocycles. The highest BCUT2D eigenvalue weighted by Crippen LogP contribution is 2.31. The van der Waals surface area contributed by atoms with Gasteiger partial charge in [-0.2, -0.15) is 0 Å². The second-order valence-corrected chi connectivity index (χ2v) is 8.12. The van der Waals surface area contributed by atoms with Crippen LogP contribution in [0.2, 0.25) is 0 Å². The largest absolute Gasteiger partial charge is 0.445 e. The zero-order valence-electron chi connectivity index (χ0n) is 18.9. The fourth-order valence-corrected chi connectivity index (χ4v) is 3.33. The molecule has 0 aliphatic rings. The van der Waals surface area contributed by atoms with E-state index in [9.17, 15) is 14.4 Å². The van der Waals surface area contributed by atoms with Gasteiger partial charge in [-0.15, -0.1) is 0 Å². The molecule has 0 radical (unpaired) electrons. The van der Waals surface area contributed by atoms with Crippen molar-refractivity contribution in [3.63, 3.8) is 0 Å². The summed E-state index contributed by atoms with van der Waals surface area (Å²) in [7, 11) is 0. The Balaban J connectivity index is 1.80. The third kappa shape index (κ3) is 5.17. The molecule has 1 amide bonds. The number of benzene rings is 2. The minimum atomic E-state index is -0.925. The van der Waals surface area contributed by atoms with Gasteiger partial charge in [-0.3, -0.25) is 0 Å². The Morgan fingerprint density at radius 3 is 2.38 bits per heavy atom. The molecule has 1 atom stereocenters. The van der Waals surface area contributed by atoms with Crippen LogP contribution in [0.4, 0.5) is 4.79 Å². The second-order valence-electron chi connectivity index (χ2n) is 8.12. The Bertz CT molecular complexity index is 1200. The molecule has 2 aromatic carbocycles. The lowest BCUT2D eigenvalue weighted by Gasteiger charge is -2.21. The molecule has 0 bridgehead atoms. The van der Waals surface area contributed by atoms with Crippen LogP contribution in [0.1, 0.15) is 36.1 Å². The third-order valence-electron chi connectivity index (χ3n) is 5.27. The first kappa shape index (κ1) is 23.1. The van der Waals surface area contributed by atoms with Gasteiger partial charge in [-0.05, 0) is 55.5 Å². The van der Waals surface area contributed by atoms with Crippen LogP contribution in [0.15, 0.2) is 51.7 Å². The lowest BCUT2D eigenvalue weighted by molar-refractivity contribution is -0.137. The molecule has 1 N–H and O–H groups in total. The fraction of sp³-hybridized carbons (Fsp3) is 0.320. The first-order chi connectivity index (χ1) is 15.2. The van der Waals surface area contributed by atoms with E-state index in [1.54, 1.807) is 39.8 Å². The highest BCUT2D eigenvalue weighted by atomic mass is 16.6. The molecule has 7 heteroatoms. The van der Waals surface area contributed by atoms with Gasteiger partial charge in [0.1, 0.15) is 24.0 Å². The topological polar surface area (TPSA) is 94.8 Å². The van der Waals surface area contributed by atoms with Crippen molar-refractivity contribution in [3.05, 3.63) is 75.1 Å². The summed E-state index contributed by atoms with van der Waals surface area (Å²) in [5.41, 5.74) is 2.64. The van der Waals surface area contributed by atoms with E-state index in [0.29, 0.717) is 22.1 Å². The summed E-state index contributed by atoms with van der Waals surface area (Å²) in [4.78, 5) is 37.3. The summed E-state index contributed by atoms with van der Waals surface area (Å²) in [6.45, 7) is 8.93. The number of carbonyl (C=O) groups is 2. The van der Waals surface area contributed by atoms with Crippen LogP contribution >= 0.6 is 0 Å².